The van der Waals surface area contributed by atoms with Crippen molar-refractivity contribution in [2.24, 2.45) is 5.10 Å². The van der Waals surface area contributed by atoms with E-state index in [0.717, 1.165) is 0 Å². The molecule has 0 saturated heterocycles. The van der Waals surface area contributed by atoms with Crippen molar-refractivity contribution in [2.45, 2.75) is 13.5 Å². The van der Waals surface area contributed by atoms with Crippen LogP contribution in [0.5, 0.6) is 5.75 Å². The average Bonchev–Trinajstić information content (AvgIpc) is 2.65. The van der Waals surface area contributed by atoms with Crippen molar-refractivity contribution in [1.29, 1.82) is 0 Å². The molecule has 2 N–H and O–H groups in total. The highest BCUT2D eigenvalue weighted by atomic mass is 19.1. The Morgan fingerprint density at radius 2 is 2.00 bits per heavy atom. The van der Waals surface area contributed by atoms with Gasteiger partial charge in [0.2, 0.25) is 0 Å². The fraction of sp³-hybridized carbons (Fsp3) is 0.111. The first-order valence-corrected chi connectivity index (χ1v) is 7.81. The van der Waals surface area contributed by atoms with Gasteiger partial charge in [0.1, 0.15) is 23.9 Å². The van der Waals surface area contributed by atoms with Crippen LogP contribution in [0.15, 0.2) is 58.4 Å². The summed E-state index contributed by atoms with van der Waals surface area (Å²) in [6, 6.07) is 13.7. The molecule has 0 atom stereocenters. The van der Waals surface area contributed by atoms with Crippen LogP contribution in [0, 0.1) is 12.7 Å². The molecule has 0 aliphatic rings. The normalized spacial score (nSPS) is 10.8. The van der Waals surface area contributed by atoms with Gasteiger partial charge in [-0.3, -0.25) is 5.43 Å². The van der Waals surface area contributed by atoms with E-state index < -0.39 is 5.69 Å². The van der Waals surface area contributed by atoms with Gasteiger partial charge in [-0.15, -0.1) is 0 Å². The first-order chi connectivity index (χ1) is 12.6. The number of halogens is 1. The Bertz CT molecular complexity index is 987. The quantitative estimate of drug-likeness (QED) is 0.525. The highest BCUT2D eigenvalue weighted by molar-refractivity contribution is 5.83. The Hall–Kier alpha value is -3.55. The second-order valence-electron chi connectivity index (χ2n) is 5.36. The second kappa shape index (κ2) is 8.02. The molecule has 0 bridgehead atoms. The van der Waals surface area contributed by atoms with Gasteiger partial charge in [0.05, 0.1) is 6.21 Å². The van der Waals surface area contributed by atoms with E-state index in [4.69, 9.17) is 4.74 Å². The number of hydrogen-bond acceptors (Lipinski definition) is 6. The number of hydrogen-bond donors (Lipinski definition) is 2. The largest absolute Gasteiger partial charge is 0.488 e. The molecule has 132 valence electrons. The summed E-state index contributed by atoms with van der Waals surface area (Å²) >= 11 is 0. The van der Waals surface area contributed by atoms with Crippen LogP contribution in [0.3, 0.4) is 0 Å². The first-order valence-electron chi connectivity index (χ1n) is 7.81. The molecule has 0 aliphatic carbocycles. The zero-order chi connectivity index (χ0) is 18.4. The summed E-state index contributed by atoms with van der Waals surface area (Å²) in [6.07, 6.45) is 1.53. The highest BCUT2D eigenvalue weighted by Crippen LogP contribution is 2.18. The van der Waals surface area contributed by atoms with E-state index in [1.165, 1.54) is 12.3 Å². The van der Waals surface area contributed by atoms with Gasteiger partial charge in [-0.2, -0.15) is 15.2 Å². The molecule has 8 heteroatoms. The van der Waals surface area contributed by atoms with Crippen molar-refractivity contribution in [3.05, 3.63) is 81.7 Å². The van der Waals surface area contributed by atoms with Gasteiger partial charge in [-0.25, -0.2) is 14.3 Å². The number of rotatable bonds is 6. The van der Waals surface area contributed by atoms with Gasteiger partial charge in [-0.05, 0) is 25.1 Å². The zero-order valence-corrected chi connectivity index (χ0v) is 13.9. The van der Waals surface area contributed by atoms with Crippen molar-refractivity contribution in [3.8, 4) is 5.75 Å². The predicted octanol–water partition coefficient (Wildman–Crippen LogP) is 2.64. The molecule has 3 rings (SSSR count). The first kappa shape index (κ1) is 17.3. The summed E-state index contributed by atoms with van der Waals surface area (Å²) < 4.78 is 19.4. The number of para-hydroxylation sites is 1. The predicted molar refractivity (Wildman–Crippen MR) is 95.8 cm³/mol. The number of aryl methyl sites for hydroxylation is 1. The summed E-state index contributed by atoms with van der Waals surface area (Å²) in [5, 5.41) is 10.1. The van der Waals surface area contributed by atoms with Gasteiger partial charge < -0.3 is 4.74 Å². The Kier molecular flexibility index (Phi) is 5.33. The fourth-order valence-electron chi connectivity index (χ4n) is 2.15. The van der Waals surface area contributed by atoms with Crippen molar-refractivity contribution >= 4 is 12.0 Å². The third kappa shape index (κ3) is 4.29. The molecular formula is C18H16FN5O2. The number of ether oxygens (including phenoxy) is 1. The van der Waals surface area contributed by atoms with Gasteiger partial charge in [0.15, 0.2) is 5.82 Å². The lowest BCUT2D eigenvalue weighted by molar-refractivity contribution is 0.299. The van der Waals surface area contributed by atoms with E-state index in [9.17, 15) is 9.18 Å². The number of H-pyrrole nitrogens is 1. The van der Waals surface area contributed by atoms with Crippen LogP contribution < -0.4 is 15.9 Å². The number of nitrogens with one attached hydrogen (secondary N) is 2. The van der Waals surface area contributed by atoms with E-state index in [1.54, 1.807) is 37.3 Å². The van der Waals surface area contributed by atoms with Crippen molar-refractivity contribution in [2.75, 3.05) is 5.43 Å². The Morgan fingerprint density at radius 3 is 2.85 bits per heavy atom. The molecular weight excluding hydrogens is 337 g/mol. The number of anilines is 1. The van der Waals surface area contributed by atoms with Crippen LogP contribution in [0.4, 0.5) is 10.2 Å². The summed E-state index contributed by atoms with van der Waals surface area (Å²) in [5.74, 6) is 0.494. The van der Waals surface area contributed by atoms with Gasteiger partial charge in [0, 0.05) is 11.1 Å². The highest BCUT2D eigenvalue weighted by Gasteiger charge is 2.05. The maximum Gasteiger partial charge on any atom is 0.363 e. The third-order valence-corrected chi connectivity index (χ3v) is 3.51. The standard InChI is InChI=1S/C18H16FN5O2/c1-12-17(21-18(25)24-22-12)23-20-10-13-6-3-5-9-16(13)26-11-14-7-2-4-8-15(14)19/h2-10H,11H2,1H3,(H2,21,23,24,25). The van der Waals surface area contributed by atoms with Crippen LogP contribution in [0.2, 0.25) is 0 Å². The summed E-state index contributed by atoms with van der Waals surface area (Å²) in [4.78, 5) is 14.9. The summed E-state index contributed by atoms with van der Waals surface area (Å²) in [6.45, 7) is 1.79. The molecule has 0 saturated carbocycles. The molecule has 0 aliphatic heterocycles. The van der Waals surface area contributed by atoms with Crippen molar-refractivity contribution in [1.82, 2.24) is 15.2 Å². The van der Waals surface area contributed by atoms with Crippen molar-refractivity contribution in [3.63, 3.8) is 0 Å². The summed E-state index contributed by atoms with van der Waals surface area (Å²) in [5.41, 5.74) is 3.76. The molecule has 0 spiro atoms. The van der Waals surface area contributed by atoms with Crippen LogP contribution in [-0.2, 0) is 6.61 Å². The molecule has 3 aromatic rings. The number of aromatic nitrogens is 3. The van der Waals surface area contributed by atoms with Crippen LogP contribution in [0.25, 0.3) is 0 Å². The van der Waals surface area contributed by atoms with E-state index in [2.05, 4.69) is 25.7 Å². The van der Waals surface area contributed by atoms with Crippen LogP contribution >= 0.6 is 0 Å². The number of hydrazone groups is 1. The SMILES string of the molecule is Cc1n[nH]c(=O)nc1NN=Cc1ccccc1OCc1ccccc1F. The third-order valence-electron chi connectivity index (χ3n) is 3.51. The lowest BCUT2D eigenvalue weighted by Crippen LogP contribution is -2.15. The monoisotopic (exact) mass is 353 g/mol. The molecule has 1 aromatic heterocycles. The second-order valence-corrected chi connectivity index (χ2v) is 5.36. The molecule has 0 radical (unpaired) electrons. The lowest BCUT2D eigenvalue weighted by atomic mass is 10.2. The van der Waals surface area contributed by atoms with E-state index >= 15 is 0 Å². The molecule has 0 unspecified atom stereocenters. The Labute approximate surface area is 148 Å². The molecule has 26 heavy (non-hydrogen) atoms. The van der Waals surface area contributed by atoms with Crippen LogP contribution in [0.1, 0.15) is 16.8 Å². The van der Waals surface area contributed by atoms with Crippen LogP contribution in [-0.4, -0.2) is 21.4 Å². The van der Waals surface area contributed by atoms with Gasteiger partial charge >= 0.3 is 5.69 Å². The number of benzene rings is 2. The average molecular weight is 353 g/mol. The minimum absolute atomic E-state index is 0.101. The molecule has 0 amide bonds. The van der Waals surface area contributed by atoms with E-state index in [1.807, 2.05) is 12.1 Å². The molecule has 7 nitrogen and oxygen atoms in total. The molecule has 1 heterocycles. The van der Waals surface area contributed by atoms with Gasteiger partial charge in [-0.1, -0.05) is 30.3 Å². The Morgan fingerprint density at radius 1 is 1.23 bits per heavy atom. The number of nitrogens with zero attached hydrogens (tertiary/aromatic N) is 3. The zero-order valence-electron chi connectivity index (χ0n) is 13.9. The molecule has 0 fully saturated rings. The topological polar surface area (TPSA) is 92.3 Å². The van der Waals surface area contributed by atoms with E-state index in [0.29, 0.717) is 22.6 Å². The Balaban J connectivity index is 1.71. The number of aromatic amines is 1. The molecule has 2 aromatic carbocycles. The summed E-state index contributed by atoms with van der Waals surface area (Å²) in [7, 11) is 0. The van der Waals surface area contributed by atoms with E-state index in [-0.39, 0.29) is 18.2 Å². The lowest BCUT2D eigenvalue weighted by Gasteiger charge is -2.09. The van der Waals surface area contributed by atoms with Gasteiger partial charge in [0.25, 0.3) is 0 Å². The minimum atomic E-state index is -0.568. The minimum Gasteiger partial charge on any atom is -0.488 e. The maximum absolute atomic E-state index is 13.7. The van der Waals surface area contributed by atoms with Crippen molar-refractivity contribution < 1.29 is 9.13 Å². The maximum atomic E-state index is 13.7. The fourth-order valence-corrected chi connectivity index (χ4v) is 2.15. The smallest absolute Gasteiger partial charge is 0.363 e.